The summed E-state index contributed by atoms with van der Waals surface area (Å²) in [6.07, 6.45) is 4.84. The molecule has 5 N–H and O–H groups in total. The molecule has 0 fully saturated rings. The van der Waals surface area contributed by atoms with E-state index in [0.717, 1.165) is 62.8 Å². The van der Waals surface area contributed by atoms with Gasteiger partial charge in [0.1, 0.15) is 0 Å². The number of benzene rings is 2. The Morgan fingerprint density at radius 2 is 1.57 bits per heavy atom. The predicted molar refractivity (Wildman–Crippen MR) is 197 cm³/mol. The topological polar surface area (TPSA) is 150 Å². The van der Waals surface area contributed by atoms with E-state index in [1.54, 1.807) is 12.1 Å². The fraction of sp³-hybridized carbons (Fsp3) is 0.390. The van der Waals surface area contributed by atoms with Crippen LogP contribution in [-0.2, 0) is 20.4 Å². The minimum Gasteiger partial charge on any atom is -0.366 e. The molecule has 2 aliphatic carbocycles. The summed E-state index contributed by atoms with van der Waals surface area (Å²) < 4.78 is 0. The zero-order chi connectivity index (χ0) is 36.2. The lowest BCUT2D eigenvalue weighted by molar-refractivity contribution is -0.119. The van der Waals surface area contributed by atoms with E-state index in [1.807, 2.05) is 32.2 Å². The summed E-state index contributed by atoms with van der Waals surface area (Å²) in [6.45, 7) is 14.8. The first kappa shape index (κ1) is 32.9. The standard InChI is InChI=1S/C41H45N7O3/c1-8-41(32-22(2)45-46-36(32)44-28-17-38(3,4)19-30(49)33(28)41)24-12-14-26(15-13-24)48-29-18-39(5,6)20-31(50)34(29)40(7,27-21-43-47-37(27)48)25-11-9-10-23(16-25)35(42)51/h9-16,21H,8,17-20H2,1-7H3,(H2,42,51)(H,43,47)(H2,44,45,46). The van der Waals surface area contributed by atoms with Gasteiger partial charge in [-0.3, -0.25) is 29.5 Å². The normalized spacial score (nSPS) is 24.8. The van der Waals surface area contributed by atoms with E-state index >= 15 is 0 Å². The number of carbonyl (C=O) groups is 3. The summed E-state index contributed by atoms with van der Waals surface area (Å²) in [5.74, 6) is 1.20. The molecular formula is C41H45N7O3. The molecule has 2 aliphatic heterocycles. The first-order valence-electron chi connectivity index (χ1n) is 17.8. The summed E-state index contributed by atoms with van der Waals surface area (Å²) in [7, 11) is 0. The van der Waals surface area contributed by atoms with Gasteiger partial charge >= 0.3 is 0 Å². The largest absolute Gasteiger partial charge is 0.366 e. The van der Waals surface area contributed by atoms with Gasteiger partial charge < -0.3 is 11.1 Å². The number of aromatic nitrogens is 4. The van der Waals surface area contributed by atoms with Gasteiger partial charge in [0, 0.05) is 69.7 Å². The molecule has 0 radical (unpaired) electrons. The molecule has 4 aliphatic rings. The lowest BCUT2D eigenvalue weighted by Gasteiger charge is -2.47. The Labute approximate surface area is 298 Å². The molecule has 8 rings (SSSR count). The first-order chi connectivity index (χ1) is 24.1. The average Bonchev–Trinajstić information content (AvgIpc) is 3.70. The minimum absolute atomic E-state index is 0.0718. The molecule has 0 saturated heterocycles. The highest BCUT2D eigenvalue weighted by molar-refractivity contribution is 6.05. The number of fused-ring (bicyclic) bond motifs is 2. The molecule has 10 heteroatoms. The van der Waals surface area contributed by atoms with Crippen molar-refractivity contribution >= 4 is 34.8 Å². The highest BCUT2D eigenvalue weighted by atomic mass is 16.1. The van der Waals surface area contributed by atoms with Gasteiger partial charge in [-0.1, -0.05) is 58.9 Å². The number of nitrogens with two attached hydrogens (primary N) is 1. The van der Waals surface area contributed by atoms with Crippen LogP contribution < -0.4 is 16.0 Å². The number of nitrogens with one attached hydrogen (secondary N) is 3. The molecule has 262 valence electrons. The lowest BCUT2D eigenvalue weighted by Crippen LogP contribution is -2.45. The van der Waals surface area contributed by atoms with Crippen molar-refractivity contribution in [2.75, 3.05) is 10.2 Å². The highest BCUT2D eigenvalue weighted by Crippen LogP contribution is 2.58. The van der Waals surface area contributed by atoms with Gasteiger partial charge in [0.2, 0.25) is 5.91 Å². The van der Waals surface area contributed by atoms with Crippen LogP contribution in [0.2, 0.25) is 0 Å². The summed E-state index contributed by atoms with van der Waals surface area (Å²) in [6, 6.07) is 15.7. The van der Waals surface area contributed by atoms with Crippen molar-refractivity contribution in [1.82, 2.24) is 20.4 Å². The maximum Gasteiger partial charge on any atom is 0.248 e. The van der Waals surface area contributed by atoms with Crippen LogP contribution in [0.1, 0.15) is 112 Å². The Morgan fingerprint density at radius 3 is 2.25 bits per heavy atom. The van der Waals surface area contributed by atoms with Crippen LogP contribution in [0.5, 0.6) is 0 Å². The molecule has 2 aromatic heterocycles. The van der Waals surface area contributed by atoms with Crippen molar-refractivity contribution in [2.24, 2.45) is 16.6 Å². The highest BCUT2D eigenvalue weighted by Gasteiger charge is 2.53. The molecule has 0 bridgehead atoms. The van der Waals surface area contributed by atoms with Crippen LogP contribution in [0.4, 0.5) is 17.3 Å². The molecule has 2 aromatic carbocycles. The number of H-pyrrole nitrogens is 2. The number of amides is 1. The van der Waals surface area contributed by atoms with Gasteiger partial charge in [-0.25, -0.2) is 0 Å². The zero-order valence-electron chi connectivity index (χ0n) is 30.4. The Bertz CT molecular complexity index is 2230. The van der Waals surface area contributed by atoms with Gasteiger partial charge in [0.25, 0.3) is 0 Å². The zero-order valence-corrected chi connectivity index (χ0v) is 30.4. The van der Waals surface area contributed by atoms with Crippen LogP contribution in [0.15, 0.2) is 77.3 Å². The second-order valence-corrected chi connectivity index (χ2v) is 16.6. The van der Waals surface area contributed by atoms with Crippen molar-refractivity contribution in [1.29, 1.82) is 0 Å². The summed E-state index contributed by atoms with van der Waals surface area (Å²) in [5.41, 5.74) is 13.0. The van der Waals surface area contributed by atoms with Gasteiger partial charge in [0.15, 0.2) is 23.2 Å². The fourth-order valence-electron chi connectivity index (χ4n) is 9.67. The van der Waals surface area contributed by atoms with Gasteiger partial charge in [0.05, 0.1) is 10.8 Å². The van der Waals surface area contributed by atoms with E-state index in [4.69, 9.17) is 10.8 Å². The van der Waals surface area contributed by atoms with Crippen LogP contribution in [0.25, 0.3) is 0 Å². The number of hydrogen-bond acceptors (Lipinski definition) is 7. The molecule has 2 atom stereocenters. The number of rotatable bonds is 5. The van der Waals surface area contributed by atoms with Crippen molar-refractivity contribution in [2.45, 2.75) is 91.4 Å². The third-order valence-corrected chi connectivity index (χ3v) is 11.8. The Kier molecular flexibility index (Phi) is 7.02. The SMILES string of the molecule is CCC1(c2ccc(N3C4=C(C(=O)CC(C)(C)C4)C(C)(c4cccc(C(N)=O)c4)c4c[nH]nc43)cc2)C2=C(CC(C)(C)CC2=O)Nc2n[nH]c(C)c21. The van der Waals surface area contributed by atoms with Gasteiger partial charge in [-0.15, -0.1) is 0 Å². The summed E-state index contributed by atoms with van der Waals surface area (Å²) >= 11 is 0. The quantitative estimate of drug-likeness (QED) is 0.171. The number of anilines is 3. The predicted octanol–water partition coefficient (Wildman–Crippen LogP) is 7.41. The molecule has 4 aromatic rings. The van der Waals surface area contributed by atoms with Crippen LogP contribution in [0, 0.1) is 17.8 Å². The number of Topliss-reactive ketones (excluding diaryl/α,β-unsaturated/α-hetero) is 2. The van der Waals surface area contributed by atoms with Crippen molar-refractivity contribution in [3.63, 3.8) is 0 Å². The third-order valence-electron chi connectivity index (χ3n) is 11.8. The van der Waals surface area contributed by atoms with E-state index in [2.05, 4.69) is 84.4 Å². The van der Waals surface area contributed by atoms with Crippen molar-refractivity contribution in [3.8, 4) is 0 Å². The molecule has 4 heterocycles. The van der Waals surface area contributed by atoms with E-state index in [-0.39, 0.29) is 22.4 Å². The Balaban J connectivity index is 1.32. The number of aromatic amines is 2. The van der Waals surface area contributed by atoms with Gasteiger partial charge in [-0.05, 0) is 79.3 Å². The second-order valence-electron chi connectivity index (χ2n) is 16.6. The second kappa shape index (κ2) is 10.9. The van der Waals surface area contributed by atoms with Crippen LogP contribution in [-0.4, -0.2) is 37.9 Å². The molecule has 0 spiro atoms. The summed E-state index contributed by atoms with van der Waals surface area (Å²) in [5, 5.41) is 19.3. The van der Waals surface area contributed by atoms with Crippen molar-refractivity contribution < 1.29 is 14.4 Å². The number of nitrogens with zero attached hydrogens (tertiary/aromatic N) is 3. The summed E-state index contributed by atoms with van der Waals surface area (Å²) in [4.78, 5) is 42.9. The fourth-order valence-corrected chi connectivity index (χ4v) is 9.67. The number of allylic oxidation sites excluding steroid dienone is 4. The molecule has 10 nitrogen and oxygen atoms in total. The molecule has 1 amide bonds. The van der Waals surface area contributed by atoms with E-state index in [0.29, 0.717) is 42.6 Å². The molecule has 2 unspecified atom stereocenters. The van der Waals surface area contributed by atoms with Gasteiger partial charge in [-0.2, -0.15) is 10.2 Å². The number of carbonyl (C=O) groups excluding carboxylic acids is 3. The maximum atomic E-state index is 14.4. The third kappa shape index (κ3) is 4.64. The monoisotopic (exact) mass is 683 g/mol. The molecular weight excluding hydrogens is 638 g/mol. The van der Waals surface area contributed by atoms with Crippen LogP contribution in [0.3, 0.4) is 0 Å². The average molecular weight is 684 g/mol. The first-order valence-corrected chi connectivity index (χ1v) is 17.8. The minimum atomic E-state index is -0.873. The Morgan fingerprint density at radius 1 is 0.882 bits per heavy atom. The number of ketones is 2. The molecule has 0 saturated carbocycles. The number of primary amides is 1. The Hall–Kier alpha value is -5.25. The number of aryl methyl sites for hydroxylation is 1. The van der Waals surface area contributed by atoms with Crippen LogP contribution >= 0.6 is 0 Å². The smallest absolute Gasteiger partial charge is 0.248 e. The van der Waals surface area contributed by atoms with E-state index < -0.39 is 16.7 Å². The van der Waals surface area contributed by atoms with E-state index in [9.17, 15) is 14.4 Å². The number of hydrogen-bond donors (Lipinski definition) is 4. The maximum absolute atomic E-state index is 14.4. The van der Waals surface area contributed by atoms with E-state index in [1.165, 1.54) is 0 Å². The molecule has 51 heavy (non-hydrogen) atoms. The van der Waals surface area contributed by atoms with Crippen molar-refractivity contribution in [3.05, 3.63) is 111 Å². The lowest BCUT2D eigenvalue weighted by atomic mass is 9.59.